The molecule has 3 atom stereocenters. The summed E-state index contributed by atoms with van der Waals surface area (Å²) in [6, 6.07) is 10.8. The number of hydrogen-bond donors (Lipinski definition) is 0. The first-order chi connectivity index (χ1) is 13.0. The maximum absolute atomic E-state index is 13.0. The maximum atomic E-state index is 13.0. The number of morpholine rings is 1. The Balaban J connectivity index is 1.41. The summed E-state index contributed by atoms with van der Waals surface area (Å²) in [6.07, 6.45) is 0.418. The monoisotopic (exact) mass is 371 g/mol. The van der Waals surface area contributed by atoms with Crippen LogP contribution in [0.25, 0.3) is 0 Å². The molecular weight excluding hydrogens is 342 g/mol. The summed E-state index contributed by atoms with van der Waals surface area (Å²) in [7, 11) is 0. The molecule has 0 N–H and O–H groups in total. The van der Waals surface area contributed by atoms with Gasteiger partial charge < -0.3 is 14.5 Å². The Kier molecular flexibility index (Phi) is 5.19. The van der Waals surface area contributed by atoms with Crippen LogP contribution in [0.1, 0.15) is 25.8 Å². The number of hydrogen-bond acceptors (Lipinski definition) is 4. The number of amides is 2. The lowest BCUT2D eigenvalue weighted by Gasteiger charge is -2.36. The Morgan fingerprint density at radius 3 is 2.67 bits per heavy atom. The summed E-state index contributed by atoms with van der Waals surface area (Å²) in [5.74, 6) is 0.00806. The number of rotatable bonds is 4. The van der Waals surface area contributed by atoms with Crippen LogP contribution in [0.5, 0.6) is 0 Å². The average Bonchev–Trinajstić information content (AvgIpc) is 3.26. The van der Waals surface area contributed by atoms with E-state index in [-0.39, 0.29) is 35.9 Å². The first-order valence-corrected chi connectivity index (χ1v) is 10.0. The van der Waals surface area contributed by atoms with Crippen LogP contribution >= 0.6 is 0 Å². The van der Waals surface area contributed by atoms with Crippen LogP contribution in [0.4, 0.5) is 0 Å². The number of ether oxygens (including phenoxy) is 1. The zero-order chi connectivity index (χ0) is 19.0. The molecule has 27 heavy (non-hydrogen) atoms. The van der Waals surface area contributed by atoms with E-state index in [9.17, 15) is 9.59 Å². The van der Waals surface area contributed by atoms with E-state index >= 15 is 0 Å². The fraction of sp³-hybridized carbons (Fsp3) is 0.619. The molecule has 2 amide bonds. The van der Waals surface area contributed by atoms with E-state index in [1.54, 1.807) is 0 Å². The summed E-state index contributed by atoms with van der Waals surface area (Å²) >= 11 is 0. The third kappa shape index (κ3) is 3.73. The predicted molar refractivity (Wildman–Crippen MR) is 102 cm³/mol. The van der Waals surface area contributed by atoms with Gasteiger partial charge >= 0.3 is 0 Å². The number of carbonyl (C=O) groups excluding carboxylic acids is 2. The lowest BCUT2D eigenvalue weighted by atomic mass is 10.1. The molecule has 146 valence electrons. The van der Waals surface area contributed by atoms with Gasteiger partial charge in [-0.05, 0) is 19.4 Å². The number of benzene rings is 1. The van der Waals surface area contributed by atoms with Crippen molar-refractivity contribution in [3.8, 4) is 0 Å². The van der Waals surface area contributed by atoms with E-state index in [0.717, 1.165) is 13.1 Å². The van der Waals surface area contributed by atoms with Crippen molar-refractivity contribution in [1.29, 1.82) is 0 Å². The van der Waals surface area contributed by atoms with Gasteiger partial charge in [0.1, 0.15) is 0 Å². The Bertz CT molecular complexity index is 693. The van der Waals surface area contributed by atoms with E-state index in [1.165, 1.54) is 5.56 Å². The Morgan fingerprint density at radius 1 is 1.19 bits per heavy atom. The van der Waals surface area contributed by atoms with Gasteiger partial charge in [0.15, 0.2) is 0 Å². The SMILES string of the molecule is CC(C)N1C[C@H](C(=O)N2C[C@@H]3OCCN(Cc4ccccc4)[C@H]3C2)CC1=O. The molecule has 1 aromatic carbocycles. The molecule has 0 bridgehead atoms. The molecule has 0 aromatic heterocycles. The zero-order valence-electron chi connectivity index (χ0n) is 16.2. The van der Waals surface area contributed by atoms with Gasteiger partial charge in [-0.25, -0.2) is 0 Å². The fourth-order valence-corrected chi connectivity index (χ4v) is 4.61. The van der Waals surface area contributed by atoms with Crippen molar-refractivity contribution in [2.24, 2.45) is 5.92 Å². The normalized spacial score (nSPS) is 28.9. The molecule has 3 aliphatic heterocycles. The quantitative estimate of drug-likeness (QED) is 0.802. The van der Waals surface area contributed by atoms with Crippen molar-refractivity contribution >= 4 is 11.8 Å². The lowest BCUT2D eigenvalue weighted by Crippen LogP contribution is -2.50. The maximum Gasteiger partial charge on any atom is 0.228 e. The molecule has 0 spiro atoms. The number of carbonyl (C=O) groups is 2. The standard InChI is InChI=1S/C21H29N3O3/c1-15(2)24-12-17(10-20(24)25)21(26)23-13-18-19(14-23)27-9-8-22(18)11-16-6-4-3-5-7-16/h3-7,15,17-19H,8-14H2,1-2H3/t17-,18+,19+/m1/s1. The highest BCUT2D eigenvalue weighted by Gasteiger charge is 2.45. The van der Waals surface area contributed by atoms with Crippen LogP contribution in [0.15, 0.2) is 30.3 Å². The molecule has 0 saturated carbocycles. The topological polar surface area (TPSA) is 53.1 Å². The van der Waals surface area contributed by atoms with Crippen LogP contribution < -0.4 is 0 Å². The highest BCUT2D eigenvalue weighted by molar-refractivity contribution is 5.89. The minimum Gasteiger partial charge on any atom is -0.373 e. The van der Waals surface area contributed by atoms with E-state index in [4.69, 9.17) is 4.74 Å². The van der Waals surface area contributed by atoms with Crippen LogP contribution in [0, 0.1) is 5.92 Å². The van der Waals surface area contributed by atoms with Crippen molar-refractivity contribution in [3.63, 3.8) is 0 Å². The van der Waals surface area contributed by atoms with E-state index in [1.807, 2.05) is 29.7 Å². The van der Waals surface area contributed by atoms with Crippen molar-refractivity contribution in [3.05, 3.63) is 35.9 Å². The van der Waals surface area contributed by atoms with Crippen LogP contribution in [-0.2, 0) is 20.9 Å². The van der Waals surface area contributed by atoms with Gasteiger partial charge in [-0.1, -0.05) is 30.3 Å². The molecule has 6 nitrogen and oxygen atoms in total. The van der Waals surface area contributed by atoms with Gasteiger partial charge in [0, 0.05) is 45.2 Å². The van der Waals surface area contributed by atoms with Crippen LogP contribution in [-0.4, -0.2) is 77.5 Å². The highest BCUT2D eigenvalue weighted by atomic mass is 16.5. The molecule has 3 fully saturated rings. The molecule has 3 heterocycles. The highest BCUT2D eigenvalue weighted by Crippen LogP contribution is 2.28. The fourth-order valence-electron chi connectivity index (χ4n) is 4.61. The van der Waals surface area contributed by atoms with Crippen molar-refractivity contribution < 1.29 is 14.3 Å². The molecule has 3 aliphatic rings. The van der Waals surface area contributed by atoms with E-state index < -0.39 is 0 Å². The lowest BCUT2D eigenvalue weighted by molar-refractivity contribution is -0.135. The van der Waals surface area contributed by atoms with E-state index in [2.05, 4.69) is 29.2 Å². The smallest absolute Gasteiger partial charge is 0.228 e. The summed E-state index contributed by atoms with van der Waals surface area (Å²) in [5, 5.41) is 0. The van der Waals surface area contributed by atoms with Crippen LogP contribution in [0.2, 0.25) is 0 Å². The summed E-state index contributed by atoms with van der Waals surface area (Å²) in [5.41, 5.74) is 1.29. The molecule has 0 radical (unpaired) electrons. The minimum absolute atomic E-state index is 0.0738. The van der Waals surface area contributed by atoms with Crippen molar-refractivity contribution in [1.82, 2.24) is 14.7 Å². The molecule has 3 saturated heterocycles. The molecule has 0 aliphatic carbocycles. The summed E-state index contributed by atoms with van der Waals surface area (Å²) < 4.78 is 5.98. The van der Waals surface area contributed by atoms with Gasteiger partial charge in [-0.2, -0.15) is 0 Å². The second-order valence-corrected chi connectivity index (χ2v) is 8.22. The molecule has 6 heteroatoms. The van der Waals surface area contributed by atoms with Crippen LogP contribution in [0.3, 0.4) is 0 Å². The third-order valence-electron chi connectivity index (χ3n) is 6.09. The zero-order valence-corrected chi connectivity index (χ0v) is 16.2. The molecule has 1 aromatic rings. The molecule has 0 unspecified atom stereocenters. The number of likely N-dealkylation sites (tertiary alicyclic amines) is 2. The van der Waals surface area contributed by atoms with Gasteiger partial charge in [0.2, 0.25) is 11.8 Å². The Morgan fingerprint density at radius 2 is 1.96 bits per heavy atom. The van der Waals surface area contributed by atoms with Crippen molar-refractivity contribution in [2.45, 2.75) is 45.0 Å². The number of nitrogens with zero attached hydrogens (tertiary/aromatic N) is 3. The first-order valence-electron chi connectivity index (χ1n) is 10.0. The summed E-state index contributed by atoms with van der Waals surface area (Å²) in [4.78, 5) is 31.4. The van der Waals surface area contributed by atoms with Gasteiger partial charge in [-0.15, -0.1) is 0 Å². The second kappa shape index (κ2) is 7.60. The van der Waals surface area contributed by atoms with Gasteiger partial charge in [0.25, 0.3) is 0 Å². The molecule has 4 rings (SSSR count). The third-order valence-corrected chi connectivity index (χ3v) is 6.09. The van der Waals surface area contributed by atoms with Gasteiger partial charge in [-0.3, -0.25) is 14.5 Å². The Labute approximate surface area is 161 Å². The largest absolute Gasteiger partial charge is 0.373 e. The summed E-state index contributed by atoms with van der Waals surface area (Å²) in [6.45, 7) is 8.38. The first kappa shape index (κ1) is 18.4. The average molecular weight is 371 g/mol. The molecular formula is C21H29N3O3. The number of fused-ring (bicyclic) bond motifs is 1. The Hall–Kier alpha value is -1.92. The van der Waals surface area contributed by atoms with Crippen molar-refractivity contribution in [2.75, 3.05) is 32.8 Å². The second-order valence-electron chi connectivity index (χ2n) is 8.22. The van der Waals surface area contributed by atoms with Gasteiger partial charge in [0.05, 0.1) is 24.7 Å². The van der Waals surface area contributed by atoms with E-state index in [0.29, 0.717) is 32.7 Å². The predicted octanol–water partition coefficient (Wildman–Crippen LogP) is 1.36. The minimum atomic E-state index is -0.206.